The SMILES string of the molecule is O=C(O)c1ccc(C(=O)NCC(O)CO)n1CC(O)CO. The van der Waals surface area contributed by atoms with Gasteiger partial charge >= 0.3 is 5.97 Å². The van der Waals surface area contributed by atoms with Crippen molar-refractivity contribution in [2.75, 3.05) is 19.8 Å². The number of hydrogen-bond donors (Lipinski definition) is 6. The summed E-state index contributed by atoms with van der Waals surface area (Å²) in [7, 11) is 0. The topological polar surface area (TPSA) is 152 Å². The summed E-state index contributed by atoms with van der Waals surface area (Å²) in [6, 6.07) is 2.46. The summed E-state index contributed by atoms with van der Waals surface area (Å²) in [6.45, 7) is -1.58. The van der Waals surface area contributed by atoms with Gasteiger partial charge in [-0.3, -0.25) is 4.79 Å². The lowest BCUT2D eigenvalue weighted by atomic mass is 10.3. The Morgan fingerprint density at radius 3 is 2.19 bits per heavy atom. The molecular weight excluding hydrogens is 284 g/mol. The van der Waals surface area contributed by atoms with Crippen LogP contribution in [0.5, 0.6) is 0 Å². The van der Waals surface area contributed by atoms with Gasteiger partial charge in [0.15, 0.2) is 0 Å². The van der Waals surface area contributed by atoms with E-state index < -0.39 is 37.3 Å². The predicted molar refractivity (Wildman–Crippen MR) is 69.9 cm³/mol. The Bertz CT molecular complexity index is 500. The van der Waals surface area contributed by atoms with Gasteiger partial charge in [-0.05, 0) is 12.1 Å². The molecule has 118 valence electrons. The molecule has 2 unspecified atom stereocenters. The Kier molecular flexibility index (Phi) is 6.31. The van der Waals surface area contributed by atoms with Crippen LogP contribution in [-0.4, -0.2) is 73.9 Å². The number of nitrogens with zero attached hydrogens (tertiary/aromatic N) is 1. The van der Waals surface area contributed by atoms with E-state index in [0.29, 0.717) is 0 Å². The van der Waals surface area contributed by atoms with Crippen molar-refractivity contribution in [3.8, 4) is 0 Å². The standard InChI is InChI=1S/C12H18N2O7/c15-5-7(17)3-13-11(19)9-1-2-10(12(20)21)14(9)4-8(18)6-16/h1-2,7-8,15-18H,3-6H2,(H,13,19)(H,20,21). The third-order valence-electron chi connectivity index (χ3n) is 2.75. The van der Waals surface area contributed by atoms with Crippen LogP contribution in [0.3, 0.4) is 0 Å². The third-order valence-corrected chi connectivity index (χ3v) is 2.75. The number of aromatic carboxylic acids is 1. The van der Waals surface area contributed by atoms with Crippen molar-refractivity contribution in [2.24, 2.45) is 0 Å². The minimum absolute atomic E-state index is 0.0370. The van der Waals surface area contributed by atoms with E-state index >= 15 is 0 Å². The number of amides is 1. The fourth-order valence-electron chi connectivity index (χ4n) is 1.68. The van der Waals surface area contributed by atoms with E-state index in [2.05, 4.69) is 5.32 Å². The molecule has 0 aliphatic heterocycles. The van der Waals surface area contributed by atoms with E-state index in [1.165, 1.54) is 12.1 Å². The van der Waals surface area contributed by atoms with Gasteiger partial charge in [-0.1, -0.05) is 0 Å². The van der Waals surface area contributed by atoms with Crippen molar-refractivity contribution in [3.63, 3.8) is 0 Å². The second kappa shape index (κ2) is 7.74. The number of rotatable bonds is 8. The molecule has 0 radical (unpaired) electrons. The number of hydrogen-bond acceptors (Lipinski definition) is 6. The van der Waals surface area contributed by atoms with E-state index in [9.17, 15) is 14.7 Å². The zero-order valence-corrected chi connectivity index (χ0v) is 11.1. The molecule has 0 spiro atoms. The molecule has 1 aromatic heterocycles. The highest BCUT2D eigenvalue weighted by atomic mass is 16.4. The molecule has 1 rings (SSSR count). The molecule has 1 aromatic rings. The van der Waals surface area contributed by atoms with Crippen LogP contribution in [0.4, 0.5) is 0 Å². The average molecular weight is 302 g/mol. The summed E-state index contributed by atoms with van der Waals surface area (Å²) in [5.41, 5.74) is -0.250. The van der Waals surface area contributed by atoms with Gasteiger partial charge in [0.25, 0.3) is 5.91 Å². The van der Waals surface area contributed by atoms with E-state index in [1.54, 1.807) is 0 Å². The van der Waals surface area contributed by atoms with Crippen LogP contribution < -0.4 is 5.32 Å². The first-order valence-corrected chi connectivity index (χ1v) is 6.19. The van der Waals surface area contributed by atoms with Crippen molar-refractivity contribution in [1.29, 1.82) is 0 Å². The molecule has 1 amide bonds. The Balaban J connectivity index is 2.95. The van der Waals surface area contributed by atoms with Crippen molar-refractivity contribution >= 4 is 11.9 Å². The first-order valence-electron chi connectivity index (χ1n) is 6.19. The minimum atomic E-state index is -1.28. The molecule has 6 N–H and O–H groups in total. The maximum absolute atomic E-state index is 11.9. The number of aromatic nitrogens is 1. The minimum Gasteiger partial charge on any atom is -0.477 e. The van der Waals surface area contributed by atoms with Crippen LogP contribution in [0.25, 0.3) is 0 Å². The molecule has 0 bridgehead atoms. The first-order chi connectivity index (χ1) is 9.90. The van der Waals surface area contributed by atoms with Crippen LogP contribution in [-0.2, 0) is 6.54 Å². The van der Waals surface area contributed by atoms with Crippen molar-refractivity contribution in [2.45, 2.75) is 18.8 Å². The maximum atomic E-state index is 11.9. The molecule has 2 atom stereocenters. The number of aliphatic hydroxyl groups excluding tert-OH is 4. The lowest BCUT2D eigenvalue weighted by molar-refractivity contribution is 0.0648. The van der Waals surface area contributed by atoms with Gasteiger partial charge in [-0.25, -0.2) is 4.79 Å². The Labute approximate surface area is 120 Å². The van der Waals surface area contributed by atoms with Gasteiger partial charge in [-0.15, -0.1) is 0 Å². The monoisotopic (exact) mass is 302 g/mol. The quantitative estimate of drug-likeness (QED) is 0.313. The number of carboxylic acid groups (broad SMARTS) is 1. The summed E-state index contributed by atoms with van der Waals surface area (Å²) in [4.78, 5) is 23.0. The summed E-state index contributed by atoms with van der Waals surface area (Å²) in [6.07, 6.45) is -2.34. The molecule has 0 fully saturated rings. The smallest absolute Gasteiger partial charge is 0.352 e. The molecule has 0 saturated carbocycles. The second-order valence-electron chi connectivity index (χ2n) is 4.40. The zero-order valence-electron chi connectivity index (χ0n) is 11.1. The highest BCUT2D eigenvalue weighted by Crippen LogP contribution is 2.11. The van der Waals surface area contributed by atoms with E-state index in [-0.39, 0.29) is 24.5 Å². The van der Waals surface area contributed by atoms with Crippen molar-refractivity contribution < 1.29 is 35.1 Å². The van der Waals surface area contributed by atoms with E-state index in [4.69, 9.17) is 20.4 Å². The summed E-state index contributed by atoms with van der Waals surface area (Å²) >= 11 is 0. The van der Waals surface area contributed by atoms with Crippen molar-refractivity contribution in [1.82, 2.24) is 9.88 Å². The molecule has 21 heavy (non-hydrogen) atoms. The van der Waals surface area contributed by atoms with Gasteiger partial charge in [0.1, 0.15) is 11.4 Å². The van der Waals surface area contributed by atoms with Crippen LogP contribution in [0.2, 0.25) is 0 Å². The fourth-order valence-corrected chi connectivity index (χ4v) is 1.68. The summed E-state index contributed by atoms with van der Waals surface area (Å²) in [5.74, 6) is -1.95. The summed E-state index contributed by atoms with van der Waals surface area (Å²) < 4.78 is 1.06. The van der Waals surface area contributed by atoms with E-state index in [0.717, 1.165) is 4.57 Å². The zero-order chi connectivity index (χ0) is 16.0. The Hall–Kier alpha value is -1.94. The maximum Gasteiger partial charge on any atom is 0.352 e. The fraction of sp³-hybridized carbons (Fsp3) is 0.500. The highest BCUT2D eigenvalue weighted by molar-refractivity contribution is 5.95. The number of nitrogens with one attached hydrogen (secondary N) is 1. The van der Waals surface area contributed by atoms with E-state index in [1.807, 2.05) is 0 Å². The average Bonchev–Trinajstić information content (AvgIpc) is 2.87. The molecule has 0 aromatic carbocycles. The molecule has 1 heterocycles. The summed E-state index contributed by atoms with van der Waals surface area (Å²) in [5, 5.41) is 47.4. The molecule has 9 nitrogen and oxygen atoms in total. The molecule has 0 saturated heterocycles. The Morgan fingerprint density at radius 2 is 1.67 bits per heavy atom. The predicted octanol–water partition coefficient (Wildman–Crippen LogP) is -2.38. The number of carbonyl (C=O) groups excluding carboxylic acids is 1. The molecular formula is C12H18N2O7. The molecule has 9 heteroatoms. The molecule has 0 aliphatic rings. The van der Waals surface area contributed by atoms with Gasteiger partial charge < -0.3 is 35.4 Å². The van der Waals surface area contributed by atoms with Gasteiger partial charge in [-0.2, -0.15) is 0 Å². The van der Waals surface area contributed by atoms with Crippen LogP contribution >= 0.6 is 0 Å². The van der Waals surface area contributed by atoms with Crippen LogP contribution in [0.1, 0.15) is 21.0 Å². The highest BCUT2D eigenvalue weighted by Gasteiger charge is 2.21. The van der Waals surface area contributed by atoms with Crippen molar-refractivity contribution in [3.05, 3.63) is 23.5 Å². The van der Waals surface area contributed by atoms with Gasteiger partial charge in [0.2, 0.25) is 0 Å². The normalized spacial score (nSPS) is 13.7. The Morgan fingerprint density at radius 1 is 1.10 bits per heavy atom. The number of aliphatic hydroxyl groups is 4. The van der Waals surface area contributed by atoms with Crippen LogP contribution in [0.15, 0.2) is 12.1 Å². The third kappa shape index (κ3) is 4.53. The number of carbonyl (C=O) groups is 2. The first kappa shape index (κ1) is 17.1. The van der Waals surface area contributed by atoms with Gasteiger partial charge in [0, 0.05) is 6.54 Å². The molecule has 0 aliphatic carbocycles. The largest absolute Gasteiger partial charge is 0.477 e. The second-order valence-corrected chi connectivity index (χ2v) is 4.40. The van der Waals surface area contributed by atoms with Gasteiger partial charge in [0.05, 0.1) is 32.0 Å². The van der Waals surface area contributed by atoms with Crippen LogP contribution in [0, 0.1) is 0 Å². The lowest BCUT2D eigenvalue weighted by Crippen LogP contribution is -2.36. The lowest BCUT2D eigenvalue weighted by Gasteiger charge is -2.15. The number of carboxylic acids is 1.